The first-order chi connectivity index (χ1) is 12.4. The van der Waals surface area contributed by atoms with Crippen molar-refractivity contribution in [2.75, 3.05) is 0 Å². The lowest BCUT2D eigenvalue weighted by atomic mass is 9.99. The summed E-state index contributed by atoms with van der Waals surface area (Å²) in [6.45, 7) is 0. The molecule has 0 heterocycles. The summed E-state index contributed by atoms with van der Waals surface area (Å²) in [6.07, 6.45) is 6.37. The lowest BCUT2D eigenvalue weighted by Gasteiger charge is -2.06. The Morgan fingerprint density at radius 2 is 1.04 bits per heavy atom. The van der Waals surface area contributed by atoms with E-state index in [0.29, 0.717) is 0 Å². The molecule has 0 nitrogen and oxygen atoms in total. The van der Waals surface area contributed by atoms with Crippen LogP contribution in [0, 0.1) is 0 Å². The first-order valence-corrected chi connectivity index (χ1v) is 8.97. The quantitative estimate of drug-likeness (QED) is 0.436. The van der Waals surface area contributed by atoms with Crippen LogP contribution in [0.4, 0.5) is 0 Å². The van der Waals surface area contributed by atoms with Gasteiger partial charge in [-0.25, -0.2) is 0 Å². The first-order valence-electron chi connectivity index (χ1n) is 8.97. The van der Waals surface area contributed by atoms with E-state index < -0.39 is 0 Å². The smallest absolute Gasteiger partial charge is 0.0128 e. The van der Waals surface area contributed by atoms with Gasteiger partial charge in [0, 0.05) is 0 Å². The van der Waals surface area contributed by atoms with Gasteiger partial charge in [0.25, 0.3) is 0 Å². The normalized spacial score (nSPS) is 10.1. The topological polar surface area (TPSA) is 0 Å². The van der Waals surface area contributed by atoms with Gasteiger partial charge in [-0.05, 0) is 54.0 Å². The molecule has 25 heavy (non-hydrogen) atoms. The van der Waals surface area contributed by atoms with Crippen molar-refractivity contribution in [3.63, 3.8) is 0 Å². The first kappa shape index (κ1) is 17.0. The lowest BCUT2D eigenvalue weighted by molar-refractivity contribution is 0.838. The second-order valence-corrected chi connectivity index (χ2v) is 6.27. The number of rotatable bonds is 7. The largest absolute Gasteiger partial charge is 0.121 e. The van der Waals surface area contributed by atoms with E-state index in [1.54, 1.807) is 0 Å². The van der Waals surface area contributed by atoms with E-state index in [1.807, 2.05) is 6.07 Å². The standard InChI is InChI=1S/C25H24/c1-4-10-22(11-5-1)16-19-25(20-17-23-12-6-2-7-13-23)21-18-24-14-8-3-9-15-24/h1-16H,17-18,20-21H2. The summed E-state index contributed by atoms with van der Waals surface area (Å²) in [4.78, 5) is 0. The molecule has 0 unspecified atom stereocenters. The molecule has 0 bridgehead atoms. The highest BCUT2D eigenvalue weighted by molar-refractivity contribution is 5.48. The number of hydrogen-bond donors (Lipinski definition) is 0. The van der Waals surface area contributed by atoms with Crippen LogP contribution >= 0.6 is 0 Å². The summed E-state index contributed by atoms with van der Waals surface area (Å²) in [5.74, 6) is 0. The molecular formula is C25H24. The van der Waals surface area contributed by atoms with Gasteiger partial charge >= 0.3 is 0 Å². The van der Waals surface area contributed by atoms with Crippen molar-refractivity contribution in [3.8, 4) is 0 Å². The Kier molecular flexibility index (Phi) is 6.45. The van der Waals surface area contributed by atoms with Gasteiger partial charge < -0.3 is 0 Å². The third-order valence-corrected chi connectivity index (χ3v) is 4.36. The Bertz CT molecular complexity index is 762. The van der Waals surface area contributed by atoms with Crippen molar-refractivity contribution >= 4 is 6.08 Å². The van der Waals surface area contributed by atoms with E-state index in [9.17, 15) is 0 Å². The average Bonchev–Trinajstić information content (AvgIpc) is 2.70. The van der Waals surface area contributed by atoms with Crippen LogP contribution < -0.4 is 0 Å². The van der Waals surface area contributed by atoms with Crippen LogP contribution in [0.1, 0.15) is 29.5 Å². The fourth-order valence-corrected chi connectivity index (χ4v) is 2.88. The number of benzene rings is 3. The minimum atomic E-state index is 1.06. The fraction of sp³-hybridized carbons (Fsp3) is 0.160. The van der Waals surface area contributed by atoms with Gasteiger partial charge in [0.15, 0.2) is 0 Å². The zero-order chi connectivity index (χ0) is 17.2. The van der Waals surface area contributed by atoms with Crippen LogP contribution in [-0.4, -0.2) is 0 Å². The molecule has 3 aromatic carbocycles. The molecule has 0 fully saturated rings. The summed E-state index contributed by atoms with van der Waals surface area (Å²) in [5.41, 5.74) is 8.94. The Labute approximate surface area is 151 Å². The molecule has 0 heteroatoms. The predicted molar refractivity (Wildman–Crippen MR) is 107 cm³/mol. The average molecular weight is 324 g/mol. The van der Waals surface area contributed by atoms with Gasteiger partial charge in [-0.2, -0.15) is 0 Å². The van der Waals surface area contributed by atoms with Crippen LogP contribution in [0.25, 0.3) is 6.08 Å². The molecule has 3 aromatic rings. The van der Waals surface area contributed by atoms with Crippen molar-refractivity contribution in [1.29, 1.82) is 0 Å². The minimum absolute atomic E-state index is 1.06. The van der Waals surface area contributed by atoms with Crippen molar-refractivity contribution in [1.82, 2.24) is 0 Å². The van der Waals surface area contributed by atoms with Crippen molar-refractivity contribution < 1.29 is 0 Å². The molecule has 0 aliphatic rings. The van der Waals surface area contributed by atoms with E-state index >= 15 is 0 Å². The summed E-state index contributed by atoms with van der Waals surface area (Å²) < 4.78 is 0. The van der Waals surface area contributed by atoms with Crippen molar-refractivity contribution in [2.45, 2.75) is 25.7 Å². The highest BCUT2D eigenvalue weighted by atomic mass is 14.1. The molecule has 0 amide bonds. The third kappa shape index (κ3) is 5.95. The van der Waals surface area contributed by atoms with Gasteiger partial charge in [0.05, 0.1) is 0 Å². The van der Waals surface area contributed by atoms with Gasteiger partial charge in [0.1, 0.15) is 0 Å². The molecule has 0 aliphatic carbocycles. The number of hydrogen-bond acceptors (Lipinski definition) is 0. The molecule has 0 radical (unpaired) electrons. The maximum absolute atomic E-state index is 3.57. The molecule has 0 saturated carbocycles. The predicted octanol–water partition coefficient (Wildman–Crippen LogP) is 6.49. The Morgan fingerprint density at radius 1 is 0.600 bits per heavy atom. The summed E-state index contributed by atoms with van der Waals surface area (Å²) >= 11 is 0. The molecule has 0 saturated heterocycles. The molecule has 124 valence electrons. The maximum Gasteiger partial charge on any atom is -0.0128 e. The monoisotopic (exact) mass is 324 g/mol. The lowest BCUT2D eigenvalue weighted by Crippen LogP contribution is -1.92. The number of allylic oxidation sites excluding steroid dienone is 1. The van der Waals surface area contributed by atoms with Gasteiger partial charge in [-0.3, -0.25) is 0 Å². The van der Waals surface area contributed by atoms with Crippen LogP contribution in [0.3, 0.4) is 0 Å². The molecule has 3 rings (SSSR count). The summed E-state index contributed by atoms with van der Waals surface area (Å²) in [7, 11) is 0. The number of aryl methyl sites for hydroxylation is 2. The second-order valence-electron chi connectivity index (χ2n) is 6.27. The molecule has 0 spiro atoms. The molecule has 0 aromatic heterocycles. The second kappa shape index (κ2) is 9.47. The van der Waals surface area contributed by atoms with Gasteiger partial charge in [-0.15, -0.1) is 5.73 Å². The summed E-state index contributed by atoms with van der Waals surface area (Å²) in [6, 6.07) is 31.9. The van der Waals surface area contributed by atoms with Crippen molar-refractivity contribution in [2.24, 2.45) is 0 Å². The van der Waals surface area contributed by atoms with E-state index in [0.717, 1.165) is 25.7 Å². The van der Waals surface area contributed by atoms with E-state index in [-0.39, 0.29) is 0 Å². The molecule has 0 atom stereocenters. The molecule has 0 aliphatic heterocycles. The van der Waals surface area contributed by atoms with Crippen LogP contribution in [0.5, 0.6) is 0 Å². The fourth-order valence-electron chi connectivity index (χ4n) is 2.88. The van der Waals surface area contributed by atoms with E-state index in [2.05, 4.69) is 96.7 Å². The van der Waals surface area contributed by atoms with Gasteiger partial charge in [0.2, 0.25) is 0 Å². The minimum Gasteiger partial charge on any atom is -0.121 e. The van der Waals surface area contributed by atoms with Crippen LogP contribution in [0.2, 0.25) is 0 Å². The Hall–Kier alpha value is -2.82. The van der Waals surface area contributed by atoms with Crippen LogP contribution in [-0.2, 0) is 12.8 Å². The van der Waals surface area contributed by atoms with E-state index in [4.69, 9.17) is 0 Å². The SMILES string of the molecule is C(=Cc1ccccc1)=C(CCc1ccccc1)CCc1ccccc1. The van der Waals surface area contributed by atoms with Crippen LogP contribution in [0.15, 0.2) is 102 Å². The highest BCUT2D eigenvalue weighted by Crippen LogP contribution is 2.15. The third-order valence-electron chi connectivity index (χ3n) is 4.36. The van der Waals surface area contributed by atoms with Gasteiger partial charge in [-0.1, -0.05) is 91.0 Å². The summed E-state index contributed by atoms with van der Waals surface area (Å²) in [5, 5.41) is 0. The zero-order valence-electron chi connectivity index (χ0n) is 14.6. The molecular weight excluding hydrogens is 300 g/mol. The Balaban J connectivity index is 1.72. The van der Waals surface area contributed by atoms with E-state index in [1.165, 1.54) is 22.3 Å². The zero-order valence-corrected chi connectivity index (χ0v) is 14.6. The maximum atomic E-state index is 3.57. The highest BCUT2D eigenvalue weighted by Gasteiger charge is 2.00. The Morgan fingerprint density at radius 3 is 1.52 bits per heavy atom. The molecule has 0 N–H and O–H groups in total. The van der Waals surface area contributed by atoms with Crippen molar-refractivity contribution in [3.05, 3.63) is 119 Å².